The second-order valence-corrected chi connectivity index (χ2v) is 12.2. The second kappa shape index (κ2) is 11.7. The highest BCUT2D eigenvalue weighted by molar-refractivity contribution is 14.1. The number of hydrogen-bond acceptors (Lipinski definition) is 4. The highest BCUT2D eigenvalue weighted by Crippen LogP contribution is 2.55. The number of carbonyl (C=O) groups is 1. The van der Waals surface area contributed by atoms with Crippen molar-refractivity contribution in [3.8, 4) is 0 Å². The third-order valence-corrected chi connectivity index (χ3v) is 11.1. The van der Waals surface area contributed by atoms with Crippen LogP contribution in [0.25, 0.3) is 0 Å². The molecule has 2 saturated heterocycles. The largest absolute Gasteiger partial charge is 0.455 e. The molecule has 39 heavy (non-hydrogen) atoms. The lowest BCUT2D eigenvalue weighted by molar-refractivity contribution is -0.148. The molecule has 3 aromatic carbocycles. The molecule has 0 unspecified atom stereocenters. The van der Waals surface area contributed by atoms with Gasteiger partial charge in [0.05, 0.1) is 22.6 Å². The summed E-state index contributed by atoms with van der Waals surface area (Å²) < 4.78 is 20.1. The molecule has 0 spiro atoms. The van der Waals surface area contributed by atoms with Gasteiger partial charge in [-0.15, -0.1) is 0 Å². The van der Waals surface area contributed by atoms with Crippen molar-refractivity contribution in [1.82, 2.24) is 0 Å². The molecule has 0 N–H and O–H groups in total. The first kappa shape index (κ1) is 28.3. The quantitative estimate of drug-likeness (QED) is 0.0929. The normalized spacial score (nSPS) is 27.2. The number of carbonyl (C=O) groups excluding carboxylic acids is 1. The first-order chi connectivity index (χ1) is 18.9. The predicted molar refractivity (Wildman–Crippen MR) is 163 cm³/mol. The van der Waals surface area contributed by atoms with E-state index in [0.29, 0.717) is 13.0 Å². The Bertz CT molecular complexity index is 1140. The van der Waals surface area contributed by atoms with Gasteiger partial charge in [0.2, 0.25) is 0 Å². The first-order valence-corrected chi connectivity index (χ1v) is 15.5. The number of ether oxygens (including phenoxy) is 3. The van der Waals surface area contributed by atoms with Crippen molar-refractivity contribution in [2.75, 3.05) is 6.61 Å². The predicted octanol–water partition coefficient (Wildman–Crippen LogP) is 7.86. The van der Waals surface area contributed by atoms with Crippen molar-refractivity contribution in [2.24, 2.45) is 5.92 Å². The average molecular weight is 639 g/mol. The first-order valence-electron chi connectivity index (χ1n) is 14.3. The molecule has 4 nitrogen and oxygen atoms in total. The van der Waals surface area contributed by atoms with Crippen LogP contribution in [0.2, 0.25) is 0 Å². The number of hydrogen-bond donors (Lipinski definition) is 0. The van der Waals surface area contributed by atoms with Crippen LogP contribution < -0.4 is 0 Å². The minimum absolute atomic E-state index is 0.0882. The lowest BCUT2D eigenvalue weighted by atomic mass is 9.78. The molecule has 0 radical (unpaired) electrons. The van der Waals surface area contributed by atoms with Crippen LogP contribution in [0.5, 0.6) is 0 Å². The van der Waals surface area contributed by atoms with Crippen molar-refractivity contribution in [3.05, 3.63) is 108 Å². The molecule has 0 saturated carbocycles. The summed E-state index contributed by atoms with van der Waals surface area (Å²) in [5.74, 6) is 0.128. The zero-order chi connectivity index (χ0) is 27.5. The van der Waals surface area contributed by atoms with Gasteiger partial charge in [-0.2, -0.15) is 0 Å². The minimum Gasteiger partial charge on any atom is -0.455 e. The smallest absolute Gasteiger partial charge is 0.309 e. The summed E-state index contributed by atoms with van der Waals surface area (Å²) in [4.78, 5) is 12.2. The van der Waals surface area contributed by atoms with Crippen LogP contribution in [-0.4, -0.2) is 33.8 Å². The summed E-state index contributed by atoms with van der Waals surface area (Å²) in [6.07, 6.45) is 3.64. The molecule has 2 heterocycles. The van der Waals surface area contributed by atoms with Crippen molar-refractivity contribution >= 4 is 28.6 Å². The molecule has 3 aromatic rings. The Hall–Kier alpha value is -2.22. The molecule has 0 aromatic heterocycles. The fourth-order valence-electron chi connectivity index (χ4n) is 6.65. The van der Waals surface area contributed by atoms with E-state index in [1.807, 2.05) is 0 Å². The van der Waals surface area contributed by atoms with Gasteiger partial charge in [0, 0.05) is 0 Å². The molecule has 5 heteroatoms. The molecule has 5 rings (SSSR count). The van der Waals surface area contributed by atoms with Crippen LogP contribution in [0.3, 0.4) is 0 Å². The molecule has 5 atom stereocenters. The maximum Gasteiger partial charge on any atom is 0.309 e. The second-order valence-electron chi connectivity index (χ2n) is 10.9. The number of alkyl halides is 1. The lowest BCUT2D eigenvalue weighted by Gasteiger charge is -2.40. The Morgan fingerprint density at radius 1 is 0.872 bits per heavy atom. The van der Waals surface area contributed by atoms with Gasteiger partial charge in [-0.1, -0.05) is 141 Å². The van der Waals surface area contributed by atoms with Crippen LogP contribution in [0.1, 0.15) is 69.6 Å². The van der Waals surface area contributed by atoms with E-state index in [4.69, 9.17) is 14.2 Å². The van der Waals surface area contributed by atoms with Gasteiger partial charge in [0.25, 0.3) is 0 Å². The molecule has 2 fully saturated rings. The number of esters is 1. The average Bonchev–Trinajstić information content (AvgIpc) is 3.43. The summed E-state index contributed by atoms with van der Waals surface area (Å²) in [6.45, 7) is 7.13. The fourth-order valence-corrected chi connectivity index (χ4v) is 8.46. The van der Waals surface area contributed by atoms with E-state index >= 15 is 0 Å². The van der Waals surface area contributed by atoms with Crippen molar-refractivity contribution < 1.29 is 19.0 Å². The summed E-state index contributed by atoms with van der Waals surface area (Å²) in [6, 6.07) is 31.6. The topological polar surface area (TPSA) is 44.8 Å². The monoisotopic (exact) mass is 638 g/mol. The van der Waals surface area contributed by atoms with Crippen molar-refractivity contribution in [1.29, 1.82) is 0 Å². The lowest BCUT2D eigenvalue weighted by Crippen LogP contribution is -2.48. The van der Waals surface area contributed by atoms with Crippen LogP contribution >= 0.6 is 22.6 Å². The van der Waals surface area contributed by atoms with E-state index in [9.17, 15) is 4.79 Å². The highest BCUT2D eigenvalue weighted by Gasteiger charge is 2.67. The number of fused-ring (bicyclic) bond motifs is 1. The Labute approximate surface area is 246 Å². The van der Waals surface area contributed by atoms with E-state index in [1.165, 1.54) is 0 Å². The van der Waals surface area contributed by atoms with Gasteiger partial charge < -0.3 is 14.2 Å². The van der Waals surface area contributed by atoms with Gasteiger partial charge in [0.15, 0.2) is 5.60 Å². The maximum absolute atomic E-state index is 12.2. The molecule has 0 amide bonds. The fraction of sp³-hybridized carbons (Fsp3) is 0.441. The number of rotatable bonds is 11. The zero-order valence-electron chi connectivity index (χ0n) is 23.1. The Kier molecular flexibility index (Phi) is 8.51. The minimum atomic E-state index is -0.743. The van der Waals surface area contributed by atoms with Crippen molar-refractivity contribution in [3.63, 3.8) is 0 Å². The molecule has 206 valence electrons. The van der Waals surface area contributed by atoms with Crippen LogP contribution in [0.4, 0.5) is 0 Å². The van der Waals surface area contributed by atoms with Crippen molar-refractivity contribution in [2.45, 2.75) is 79.7 Å². The van der Waals surface area contributed by atoms with Gasteiger partial charge in [-0.3, -0.25) is 4.79 Å². The van der Waals surface area contributed by atoms with E-state index in [2.05, 4.69) is 134 Å². The van der Waals surface area contributed by atoms with Gasteiger partial charge in [-0.25, -0.2) is 0 Å². The zero-order valence-corrected chi connectivity index (χ0v) is 25.3. The maximum atomic E-state index is 12.2. The van der Waals surface area contributed by atoms with Crippen LogP contribution in [0.15, 0.2) is 91.0 Å². The van der Waals surface area contributed by atoms with E-state index in [1.54, 1.807) is 0 Å². The van der Waals surface area contributed by atoms with Crippen LogP contribution in [-0.2, 0) is 24.6 Å². The SMILES string of the molecule is CC[C@@H](COC(c1ccccc1)(c1ccccc1)c1ccccc1)C[C@@]1(CC)O[C@@H]2CC(=O)O[C@]2(CC)[C@H]1I. The Morgan fingerprint density at radius 2 is 1.38 bits per heavy atom. The molecule has 2 aliphatic rings. The Balaban J connectivity index is 1.48. The summed E-state index contributed by atoms with van der Waals surface area (Å²) >= 11 is 2.51. The molecule has 0 aliphatic carbocycles. The standard InChI is InChI=1S/C34H39IO4/c1-4-25(23-32(5-2)31(35)33(6-3)29(38-32)22-30(36)39-33)24-37-34(26-16-10-7-11-17-26,27-18-12-8-13-19-27)28-20-14-9-15-21-28/h7-21,25,29,31H,4-6,22-24H2,1-3H3/t25-,29-,31+,32-,33+/m1/s1. The van der Waals surface area contributed by atoms with Gasteiger partial charge in [0.1, 0.15) is 11.7 Å². The number of halogens is 1. The molecule has 0 bridgehead atoms. The van der Waals surface area contributed by atoms with Gasteiger partial charge in [-0.05, 0) is 41.9 Å². The number of benzene rings is 3. The van der Waals surface area contributed by atoms with Crippen LogP contribution in [0, 0.1) is 5.92 Å². The molecule has 2 aliphatic heterocycles. The summed E-state index contributed by atoms with van der Waals surface area (Å²) in [7, 11) is 0. The van der Waals surface area contributed by atoms with E-state index in [0.717, 1.165) is 42.4 Å². The highest BCUT2D eigenvalue weighted by atomic mass is 127. The van der Waals surface area contributed by atoms with Gasteiger partial charge >= 0.3 is 5.97 Å². The molecular weight excluding hydrogens is 599 g/mol. The van der Waals surface area contributed by atoms with E-state index < -0.39 is 11.2 Å². The third kappa shape index (κ3) is 4.95. The summed E-state index contributed by atoms with van der Waals surface area (Å²) in [5.41, 5.74) is 1.69. The molecular formula is C34H39IO4. The third-order valence-electron chi connectivity index (χ3n) is 8.91. The van der Waals surface area contributed by atoms with E-state index in [-0.39, 0.29) is 27.5 Å². The summed E-state index contributed by atoms with van der Waals surface area (Å²) in [5, 5.41) is 0. The Morgan fingerprint density at radius 3 is 1.79 bits per heavy atom.